The van der Waals surface area contributed by atoms with E-state index in [0.29, 0.717) is 10.8 Å². The van der Waals surface area contributed by atoms with Crippen molar-refractivity contribution >= 4 is 17.4 Å². The fourth-order valence-corrected chi connectivity index (χ4v) is 1.38. The highest BCUT2D eigenvalue weighted by Gasteiger charge is 2.11. The molecule has 0 aliphatic carbocycles. The number of hydrogen-bond donors (Lipinski definition) is 0. The Morgan fingerprint density at radius 1 is 1.44 bits per heavy atom. The molecule has 0 aromatic heterocycles. The Hall–Kier alpha value is -1.28. The van der Waals surface area contributed by atoms with E-state index >= 15 is 0 Å². The molecule has 1 rings (SSSR count). The van der Waals surface area contributed by atoms with Gasteiger partial charge >= 0.3 is 0 Å². The molecule has 0 aliphatic heterocycles. The van der Waals surface area contributed by atoms with Crippen LogP contribution in [0.4, 0.5) is 0 Å². The van der Waals surface area contributed by atoms with Gasteiger partial charge in [0, 0.05) is 5.02 Å². The van der Waals surface area contributed by atoms with E-state index in [1.165, 1.54) is 0 Å². The fraction of sp³-hybridized carbons (Fsp3) is 0.308. The molecule has 1 atom stereocenters. The zero-order valence-electron chi connectivity index (χ0n) is 9.66. The van der Waals surface area contributed by atoms with Gasteiger partial charge in [-0.15, -0.1) is 0 Å². The quantitative estimate of drug-likeness (QED) is 0.749. The van der Waals surface area contributed by atoms with E-state index in [4.69, 9.17) is 16.3 Å². The van der Waals surface area contributed by atoms with Crippen LogP contribution in [-0.4, -0.2) is 11.9 Å². The summed E-state index contributed by atoms with van der Waals surface area (Å²) in [6.07, 6.45) is 1.09. The number of ether oxygens (including phenoxy) is 1. The number of ketones is 1. The van der Waals surface area contributed by atoms with Crippen molar-refractivity contribution < 1.29 is 9.53 Å². The second kappa shape index (κ2) is 5.71. The van der Waals surface area contributed by atoms with Gasteiger partial charge in [-0.25, -0.2) is 0 Å². The lowest BCUT2D eigenvalue weighted by molar-refractivity contribution is -0.120. The second-order valence-electron chi connectivity index (χ2n) is 3.84. The first kappa shape index (κ1) is 12.8. The lowest BCUT2D eigenvalue weighted by Gasteiger charge is -2.12. The third-order valence-corrected chi connectivity index (χ3v) is 2.18. The Kier molecular flexibility index (Phi) is 4.56. The van der Waals surface area contributed by atoms with Crippen molar-refractivity contribution in [2.75, 3.05) is 0 Å². The first-order valence-corrected chi connectivity index (χ1v) is 5.48. The van der Waals surface area contributed by atoms with Gasteiger partial charge in [0.05, 0.1) is 0 Å². The molecule has 2 nitrogen and oxygen atoms in total. The highest BCUT2D eigenvalue weighted by atomic mass is 35.5. The predicted molar refractivity (Wildman–Crippen MR) is 66.0 cm³/mol. The van der Waals surface area contributed by atoms with Crippen LogP contribution in [0.5, 0.6) is 5.75 Å². The van der Waals surface area contributed by atoms with Crippen LogP contribution in [0, 0.1) is 0 Å². The molecule has 0 radical (unpaired) electrons. The summed E-state index contributed by atoms with van der Waals surface area (Å²) in [6, 6.07) is 7.01. The van der Waals surface area contributed by atoms with Crippen LogP contribution in [0.25, 0.3) is 0 Å². The largest absolute Gasteiger partial charge is 0.483 e. The Bertz CT molecular complexity index is 406. The summed E-state index contributed by atoms with van der Waals surface area (Å²) >= 11 is 5.82. The van der Waals surface area contributed by atoms with E-state index in [2.05, 4.69) is 0 Å². The van der Waals surface area contributed by atoms with Crippen LogP contribution in [0.15, 0.2) is 35.9 Å². The molecule has 0 amide bonds. The van der Waals surface area contributed by atoms with Gasteiger partial charge in [-0.1, -0.05) is 23.2 Å². The maximum absolute atomic E-state index is 11.6. The summed E-state index contributed by atoms with van der Waals surface area (Å²) in [4.78, 5) is 11.6. The number of allylic oxidation sites excluding steroid dienone is 1. The van der Waals surface area contributed by atoms with E-state index in [-0.39, 0.29) is 5.78 Å². The predicted octanol–water partition coefficient (Wildman–Crippen LogP) is 3.64. The standard InChI is InChI=1S/C13H15ClO2/c1-9(2)7-13(15)10(3)16-12-6-4-5-11(14)8-12/h4-8,10H,1-3H3. The van der Waals surface area contributed by atoms with Crippen LogP contribution in [0.3, 0.4) is 0 Å². The maximum atomic E-state index is 11.6. The summed E-state index contributed by atoms with van der Waals surface area (Å²) < 4.78 is 5.48. The van der Waals surface area contributed by atoms with Crippen LogP contribution in [0.2, 0.25) is 5.02 Å². The van der Waals surface area contributed by atoms with Crippen molar-refractivity contribution in [3.05, 3.63) is 40.9 Å². The Morgan fingerprint density at radius 3 is 2.69 bits per heavy atom. The summed E-state index contributed by atoms with van der Waals surface area (Å²) in [5.74, 6) is 0.565. The third-order valence-electron chi connectivity index (χ3n) is 1.94. The van der Waals surface area contributed by atoms with E-state index in [0.717, 1.165) is 5.57 Å². The summed E-state index contributed by atoms with van der Waals surface area (Å²) in [7, 11) is 0. The molecule has 0 saturated carbocycles. The smallest absolute Gasteiger partial charge is 0.195 e. The first-order chi connectivity index (χ1) is 7.49. The lowest BCUT2D eigenvalue weighted by atomic mass is 10.2. The molecule has 0 aliphatic rings. The molecule has 0 heterocycles. The molecule has 0 fully saturated rings. The Morgan fingerprint density at radius 2 is 2.12 bits per heavy atom. The maximum Gasteiger partial charge on any atom is 0.195 e. The molecule has 16 heavy (non-hydrogen) atoms. The molecule has 1 unspecified atom stereocenters. The van der Waals surface area contributed by atoms with Crippen LogP contribution >= 0.6 is 11.6 Å². The van der Waals surface area contributed by atoms with E-state index < -0.39 is 6.10 Å². The Balaban J connectivity index is 2.68. The minimum atomic E-state index is -0.492. The van der Waals surface area contributed by atoms with Gasteiger partial charge in [-0.05, 0) is 45.0 Å². The Labute approximate surface area is 101 Å². The SMILES string of the molecule is CC(C)=CC(=O)C(C)Oc1cccc(Cl)c1. The number of benzene rings is 1. The average Bonchev–Trinajstić information content (AvgIpc) is 2.16. The van der Waals surface area contributed by atoms with Gasteiger partial charge in [0.25, 0.3) is 0 Å². The zero-order valence-corrected chi connectivity index (χ0v) is 10.4. The normalized spacial score (nSPS) is 11.8. The molecule has 0 saturated heterocycles. The van der Waals surface area contributed by atoms with Gasteiger partial charge in [0.2, 0.25) is 0 Å². The second-order valence-corrected chi connectivity index (χ2v) is 4.28. The molecular weight excluding hydrogens is 224 g/mol. The summed E-state index contributed by atoms with van der Waals surface area (Å²) in [6.45, 7) is 5.48. The lowest BCUT2D eigenvalue weighted by Crippen LogP contribution is -2.22. The number of rotatable bonds is 4. The van der Waals surface area contributed by atoms with Gasteiger partial charge in [-0.2, -0.15) is 0 Å². The molecule has 1 aromatic carbocycles. The third kappa shape index (κ3) is 4.07. The van der Waals surface area contributed by atoms with Gasteiger partial charge in [0.1, 0.15) is 5.75 Å². The monoisotopic (exact) mass is 238 g/mol. The van der Waals surface area contributed by atoms with Crippen molar-refractivity contribution in [2.24, 2.45) is 0 Å². The van der Waals surface area contributed by atoms with E-state index in [1.54, 1.807) is 37.3 Å². The highest BCUT2D eigenvalue weighted by molar-refractivity contribution is 6.30. The molecular formula is C13H15ClO2. The molecule has 1 aromatic rings. The van der Waals surface area contributed by atoms with Gasteiger partial charge in [-0.3, -0.25) is 4.79 Å². The summed E-state index contributed by atoms with van der Waals surface area (Å²) in [5, 5.41) is 0.597. The van der Waals surface area contributed by atoms with Gasteiger partial charge in [0.15, 0.2) is 11.9 Å². The van der Waals surface area contributed by atoms with Crippen LogP contribution < -0.4 is 4.74 Å². The van der Waals surface area contributed by atoms with E-state index in [1.807, 2.05) is 13.8 Å². The van der Waals surface area contributed by atoms with Crippen LogP contribution in [-0.2, 0) is 4.79 Å². The minimum Gasteiger partial charge on any atom is -0.483 e. The topological polar surface area (TPSA) is 26.3 Å². The van der Waals surface area contributed by atoms with Gasteiger partial charge < -0.3 is 4.74 Å². The van der Waals surface area contributed by atoms with Crippen molar-refractivity contribution in [3.8, 4) is 5.75 Å². The van der Waals surface area contributed by atoms with E-state index in [9.17, 15) is 4.79 Å². The van der Waals surface area contributed by atoms with Crippen molar-refractivity contribution in [1.82, 2.24) is 0 Å². The molecule has 0 spiro atoms. The molecule has 3 heteroatoms. The van der Waals surface area contributed by atoms with Crippen molar-refractivity contribution in [1.29, 1.82) is 0 Å². The minimum absolute atomic E-state index is 0.0417. The van der Waals surface area contributed by atoms with Crippen molar-refractivity contribution in [3.63, 3.8) is 0 Å². The van der Waals surface area contributed by atoms with Crippen LogP contribution in [0.1, 0.15) is 20.8 Å². The zero-order chi connectivity index (χ0) is 12.1. The molecule has 0 N–H and O–H groups in total. The number of hydrogen-bond acceptors (Lipinski definition) is 2. The van der Waals surface area contributed by atoms with Crippen molar-refractivity contribution in [2.45, 2.75) is 26.9 Å². The first-order valence-electron chi connectivity index (χ1n) is 5.10. The molecule has 86 valence electrons. The molecule has 0 bridgehead atoms. The fourth-order valence-electron chi connectivity index (χ4n) is 1.20. The average molecular weight is 239 g/mol. The number of carbonyl (C=O) groups is 1. The number of carbonyl (C=O) groups excluding carboxylic acids is 1. The summed E-state index contributed by atoms with van der Waals surface area (Å²) in [5.41, 5.74) is 0.964. The highest BCUT2D eigenvalue weighted by Crippen LogP contribution is 2.18. The number of halogens is 1.